The molecule has 1 aromatic carbocycles. The van der Waals surface area contributed by atoms with Gasteiger partial charge in [0.1, 0.15) is 12.3 Å². The maximum atomic E-state index is 14.4. The molecule has 29 heavy (non-hydrogen) atoms. The summed E-state index contributed by atoms with van der Waals surface area (Å²) in [6, 6.07) is 8.51. The van der Waals surface area contributed by atoms with Crippen LogP contribution in [0.1, 0.15) is 24.8 Å². The van der Waals surface area contributed by atoms with Crippen LogP contribution in [0.2, 0.25) is 0 Å². The van der Waals surface area contributed by atoms with Crippen LogP contribution in [0.15, 0.2) is 58.3 Å². The number of allylic oxidation sites excluding steroid dienone is 2. The van der Waals surface area contributed by atoms with Gasteiger partial charge in [0.15, 0.2) is 11.7 Å². The van der Waals surface area contributed by atoms with Crippen molar-refractivity contribution >= 4 is 11.6 Å². The van der Waals surface area contributed by atoms with Gasteiger partial charge in [-0.25, -0.2) is 8.78 Å². The SMILES string of the molecule is O=C(Cc1ccccc1)NCC1=C(C(F)(F)F)CC(=NOCC2CC2)C(F)=C1F. The molecule has 1 fully saturated rings. The number of hydrogen-bond acceptors (Lipinski definition) is 3. The third-order valence-corrected chi connectivity index (χ3v) is 4.61. The van der Waals surface area contributed by atoms with E-state index in [9.17, 15) is 26.7 Å². The molecule has 0 bridgehead atoms. The largest absolute Gasteiger partial charge is 0.413 e. The highest BCUT2D eigenvalue weighted by atomic mass is 19.4. The van der Waals surface area contributed by atoms with E-state index in [0.717, 1.165) is 12.8 Å². The number of amides is 1. The molecule has 0 heterocycles. The highest BCUT2D eigenvalue weighted by molar-refractivity contribution is 6.02. The highest BCUT2D eigenvalue weighted by Crippen LogP contribution is 2.39. The molecule has 156 valence electrons. The molecule has 0 aliphatic heterocycles. The van der Waals surface area contributed by atoms with Gasteiger partial charge in [-0.15, -0.1) is 0 Å². The van der Waals surface area contributed by atoms with E-state index in [0.29, 0.717) is 5.56 Å². The molecule has 2 aliphatic rings. The molecule has 4 nitrogen and oxygen atoms in total. The first-order valence-electron chi connectivity index (χ1n) is 9.10. The minimum absolute atomic E-state index is 0.0923. The fourth-order valence-corrected chi connectivity index (χ4v) is 2.81. The zero-order chi connectivity index (χ0) is 21.0. The number of oxime groups is 1. The zero-order valence-corrected chi connectivity index (χ0v) is 15.4. The average molecular weight is 414 g/mol. The number of rotatable bonds is 7. The van der Waals surface area contributed by atoms with E-state index in [-0.39, 0.29) is 18.9 Å². The molecule has 1 N–H and O–H groups in total. The first kappa shape index (κ1) is 21.0. The lowest BCUT2D eigenvalue weighted by atomic mass is 9.93. The van der Waals surface area contributed by atoms with Crippen molar-refractivity contribution in [1.82, 2.24) is 5.32 Å². The molecule has 0 spiro atoms. The van der Waals surface area contributed by atoms with Gasteiger partial charge in [-0.3, -0.25) is 4.79 Å². The summed E-state index contributed by atoms with van der Waals surface area (Å²) in [5, 5.41) is 5.59. The Morgan fingerprint density at radius 1 is 1.14 bits per heavy atom. The van der Waals surface area contributed by atoms with Crippen LogP contribution in [0.5, 0.6) is 0 Å². The third kappa shape index (κ3) is 5.65. The minimum Gasteiger partial charge on any atom is -0.395 e. The van der Waals surface area contributed by atoms with Crippen molar-refractivity contribution < 1.29 is 31.6 Å². The normalized spacial score (nSPS) is 19.0. The molecule has 1 amide bonds. The van der Waals surface area contributed by atoms with Crippen molar-refractivity contribution in [2.75, 3.05) is 13.2 Å². The monoisotopic (exact) mass is 414 g/mol. The standard InChI is InChI=1S/C20H19F5N2O2/c21-18-14(10-26-17(28)8-12-4-2-1-3-5-12)15(20(23,24)25)9-16(19(18)22)27-29-11-13-6-7-13/h1-5,13H,6-11H2,(H,26,28). The van der Waals surface area contributed by atoms with Gasteiger partial charge >= 0.3 is 6.18 Å². The van der Waals surface area contributed by atoms with E-state index in [4.69, 9.17) is 4.84 Å². The molecule has 3 rings (SSSR count). The van der Waals surface area contributed by atoms with Crippen molar-refractivity contribution in [3.63, 3.8) is 0 Å². The Balaban J connectivity index is 1.73. The summed E-state index contributed by atoms with van der Waals surface area (Å²) in [7, 11) is 0. The summed E-state index contributed by atoms with van der Waals surface area (Å²) in [4.78, 5) is 16.8. The minimum atomic E-state index is -4.91. The zero-order valence-electron chi connectivity index (χ0n) is 15.4. The number of carbonyl (C=O) groups is 1. The Morgan fingerprint density at radius 3 is 2.45 bits per heavy atom. The number of benzene rings is 1. The average Bonchev–Trinajstić information content (AvgIpc) is 3.48. The van der Waals surface area contributed by atoms with Crippen LogP contribution in [0.4, 0.5) is 22.0 Å². The van der Waals surface area contributed by atoms with Crippen LogP contribution in [-0.2, 0) is 16.1 Å². The summed E-state index contributed by atoms with van der Waals surface area (Å²) in [6.07, 6.45) is -4.13. The molecule has 0 atom stereocenters. The summed E-state index contributed by atoms with van der Waals surface area (Å²) in [5.41, 5.74) is -2.32. The van der Waals surface area contributed by atoms with E-state index in [1.165, 1.54) is 0 Å². The van der Waals surface area contributed by atoms with Crippen molar-refractivity contribution in [2.45, 2.75) is 31.9 Å². The molecule has 9 heteroatoms. The molecule has 0 unspecified atom stereocenters. The van der Waals surface area contributed by atoms with Gasteiger partial charge in [-0.05, 0) is 24.3 Å². The van der Waals surface area contributed by atoms with Crippen LogP contribution < -0.4 is 5.32 Å². The van der Waals surface area contributed by atoms with Crippen LogP contribution in [0.25, 0.3) is 0 Å². The van der Waals surface area contributed by atoms with Crippen LogP contribution >= 0.6 is 0 Å². The lowest BCUT2D eigenvalue weighted by molar-refractivity contribution is -0.120. The van der Waals surface area contributed by atoms with Gasteiger partial charge in [0.25, 0.3) is 0 Å². The fraction of sp³-hybridized carbons (Fsp3) is 0.400. The second kappa shape index (κ2) is 8.75. The molecule has 2 aliphatic carbocycles. The van der Waals surface area contributed by atoms with Gasteiger partial charge in [0, 0.05) is 24.1 Å². The van der Waals surface area contributed by atoms with Gasteiger partial charge in [0.2, 0.25) is 5.91 Å². The summed E-state index contributed by atoms with van der Waals surface area (Å²) in [6.45, 7) is -0.623. The summed E-state index contributed by atoms with van der Waals surface area (Å²) >= 11 is 0. The highest BCUT2D eigenvalue weighted by Gasteiger charge is 2.42. The van der Waals surface area contributed by atoms with Gasteiger partial charge in [-0.1, -0.05) is 35.5 Å². The number of nitrogens with one attached hydrogen (secondary N) is 1. The molecular weight excluding hydrogens is 395 g/mol. The van der Waals surface area contributed by atoms with E-state index in [1.54, 1.807) is 30.3 Å². The topological polar surface area (TPSA) is 50.7 Å². The predicted molar refractivity (Wildman–Crippen MR) is 96.2 cm³/mol. The maximum Gasteiger partial charge on any atom is 0.413 e. The van der Waals surface area contributed by atoms with Crippen LogP contribution in [0, 0.1) is 5.92 Å². The van der Waals surface area contributed by atoms with E-state index in [2.05, 4.69) is 10.5 Å². The van der Waals surface area contributed by atoms with Crippen molar-refractivity contribution in [3.05, 3.63) is 58.7 Å². The first-order valence-corrected chi connectivity index (χ1v) is 9.10. The number of alkyl halides is 3. The Bertz CT molecular complexity index is 855. The third-order valence-electron chi connectivity index (χ3n) is 4.61. The Kier molecular flexibility index (Phi) is 6.34. The summed E-state index contributed by atoms with van der Waals surface area (Å²) in [5.74, 6) is -3.53. The fourth-order valence-electron chi connectivity index (χ4n) is 2.81. The van der Waals surface area contributed by atoms with E-state index >= 15 is 0 Å². The lowest BCUT2D eigenvalue weighted by Crippen LogP contribution is -2.32. The van der Waals surface area contributed by atoms with E-state index in [1.807, 2.05) is 0 Å². The number of carbonyl (C=O) groups excluding carboxylic acids is 1. The predicted octanol–water partition coefficient (Wildman–Crippen LogP) is 4.54. The Hall–Kier alpha value is -2.71. The van der Waals surface area contributed by atoms with Crippen molar-refractivity contribution in [1.29, 1.82) is 0 Å². The Labute approximate surface area is 164 Å². The van der Waals surface area contributed by atoms with Gasteiger partial charge in [0.05, 0.1) is 6.42 Å². The Morgan fingerprint density at radius 2 is 1.83 bits per heavy atom. The smallest absolute Gasteiger partial charge is 0.395 e. The lowest BCUT2D eigenvalue weighted by Gasteiger charge is -2.22. The first-order chi connectivity index (χ1) is 13.8. The molecular formula is C20H19F5N2O2. The number of hydrogen-bond donors (Lipinski definition) is 1. The second-order valence-corrected chi connectivity index (χ2v) is 6.98. The van der Waals surface area contributed by atoms with E-state index < -0.39 is 53.6 Å². The molecule has 1 saturated carbocycles. The van der Waals surface area contributed by atoms with Crippen molar-refractivity contribution in [2.24, 2.45) is 11.1 Å². The molecule has 0 aromatic heterocycles. The quantitative estimate of drug-likeness (QED) is 0.526. The molecule has 0 saturated heterocycles. The summed E-state index contributed by atoms with van der Waals surface area (Å²) < 4.78 is 68.9. The van der Waals surface area contributed by atoms with Crippen LogP contribution in [-0.4, -0.2) is 30.9 Å². The molecule has 0 radical (unpaired) electrons. The second-order valence-electron chi connectivity index (χ2n) is 6.98. The molecule has 1 aromatic rings. The van der Waals surface area contributed by atoms with Crippen LogP contribution in [0.3, 0.4) is 0 Å². The maximum absolute atomic E-state index is 14.4. The van der Waals surface area contributed by atoms with Gasteiger partial charge in [-0.2, -0.15) is 13.2 Å². The number of nitrogens with zero attached hydrogens (tertiary/aromatic N) is 1. The number of halogens is 5. The van der Waals surface area contributed by atoms with Gasteiger partial charge < -0.3 is 10.2 Å². The van der Waals surface area contributed by atoms with Crippen molar-refractivity contribution in [3.8, 4) is 0 Å².